The third-order valence-electron chi connectivity index (χ3n) is 1.72. The SMILES string of the molecule is C=Cc1ccc(CO)nc1/C=C\C.CC.CC. The summed E-state index contributed by atoms with van der Waals surface area (Å²) >= 11 is 0. The van der Waals surface area contributed by atoms with Crippen molar-refractivity contribution >= 4 is 12.2 Å². The highest BCUT2D eigenvalue weighted by molar-refractivity contribution is 5.61. The Morgan fingerprint density at radius 2 is 1.82 bits per heavy atom. The first-order chi connectivity index (χ1) is 8.31. The van der Waals surface area contributed by atoms with Gasteiger partial charge in [0.15, 0.2) is 0 Å². The number of rotatable bonds is 3. The van der Waals surface area contributed by atoms with Gasteiger partial charge in [0.25, 0.3) is 0 Å². The minimum atomic E-state index is -0.0258. The molecule has 2 nitrogen and oxygen atoms in total. The summed E-state index contributed by atoms with van der Waals surface area (Å²) in [5.41, 5.74) is 2.51. The molecule has 1 heterocycles. The number of pyridine rings is 1. The zero-order valence-corrected chi connectivity index (χ0v) is 11.7. The van der Waals surface area contributed by atoms with Crippen LogP contribution in [-0.2, 0) is 6.61 Å². The lowest BCUT2D eigenvalue weighted by atomic mass is 10.1. The van der Waals surface area contributed by atoms with Crippen LogP contribution in [0.4, 0.5) is 0 Å². The lowest BCUT2D eigenvalue weighted by Gasteiger charge is -2.02. The van der Waals surface area contributed by atoms with Gasteiger partial charge in [-0.1, -0.05) is 52.5 Å². The van der Waals surface area contributed by atoms with Crippen molar-refractivity contribution in [3.05, 3.63) is 41.7 Å². The van der Waals surface area contributed by atoms with Crippen LogP contribution in [-0.4, -0.2) is 10.1 Å². The van der Waals surface area contributed by atoms with Crippen LogP contribution < -0.4 is 0 Å². The van der Waals surface area contributed by atoms with E-state index in [1.165, 1.54) is 0 Å². The van der Waals surface area contributed by atoms with Crippen molar-refractivity contribution in [2.45, 2.75) is 41.2 Å². The molecular formula is C15H25NO. The molecule has 0 aromatic carbocycles. The second-order valence-electron chi connectivity index (χ2n) is 2.64. The van der Waals surface area contributed by atoms with Gasteiger partial charge in [0, 0.05) is 0 Å². The molecule has 1 aromatic rings. The lowest BCUT2D eigenvalue weighted by Crippen LogP contribution is -1.93. The van der Waals surface area contributed by atoms with Gasteiger partial charge < -0.3 is 5.11 Å². The van der Waals surface area contributed by atoms with Gasteiger partial charge >= 0.3 is 0 Å². The molecule has 1 N–H and O–H groups in total. The van der Waals surface area contributed by atoms with Crippen LogP contribution in [0.25, 0.3) is 12.2 Å². The standard InChI is InChI=1S/C11H13NO.2C2H6/c1-3-5-11-9(4-2)6-7-10(8-13)12-11;2*1-2/h3-7,13H,2,8H2,1H3;2*1-2H3/b5-3-;;. The molecule has 0 aliphatic carbocycles. The molecule has 0 spiro atoms. The molecule has 96 valence electrons. The predicted molar refractivity (Wildman–Crippen MR) is 77.7 cm³/mol. The molecular weight excluding hydrogens is 210 g/mol. The highest BCUT2D eigenvalue weighted by atomic mass is 16.3. The first-order valence-corrected chi connectivity index (χ1v) is 6.17. The van der Waals surface area contributed by atoms with Crippen molar-refractivity contribution in [3.63, 3.8) is 0 Å². The molecule has 0 radical (unpaired) electrons. The zero-order chi connectivity index (χ0) is 13.7. The topological polar surface area (TPSA) is 33.1 Å². The summed E-state index contributed by atoms with van der Waals surface area (Å²) in [7, 11) is 0. The molecule has 0 aliphatic heterocycles. The quantitative estimate of drug-likeness (QED) is 0.847. The third-order valence-corrected chi connectivity index (χ3v) is 1.72. The van der Waals surface area contributed by atoms with E-state index in [0.29, 0.717) is 5.69 Å². The van der Waals surface area contributed by atoms with E-state index in [9.17, 15) is 0 Å². The Labute approximate surface area is 106 Å². The third kappa shape index (κ3) is 6.69. The van der Waals surface area contributed by atoms with Crippen LogP contribution in [0, 0.1) is 0 Å². The number of aromatic nitrogens is 1. The number of aliphatic hydroxyl groups is 1. The molecule has 0 fully saturated rings. The van der Waals surface area contributed by atoms with E-state index in [2.05, 4.69) is 11.6 Å². The molecule has 0 amide bonds. The van der Waals surface area contributed by atoms with Crippen LogP contribution >= 0.6 is 0 Å². The van der Waals surface area contributed by atoms with Gasteiger partial charge in [-0.15, -0.1) is 0 Å². The molecule has 0 atom stereocenters. The summed E-state index contributed by atoms with van der Waals surface area (Å²) in [6.07, 6.45) is 5.57. The minimum Gasteiger partial charge on any atom is -0.390 e. The van der Waals surface area contributed by atoms with Crippen molar-refractivity contribution in [3.8, 4) is 0 Å². The molecule has 0 saturated heterocycles. The number of aliphatic hydroxyl groups excluding tert-OH is 1. The average molecular weight is 235 g/mol. The van der Waals surface area contributed by atoms with Crippen molar-refractivity contribution in [2.75, 3.05) is 0 Å². The van der Waals surface area contributed by atoms with E-state index in [0.717, 1.165) is 11.3 Å². The molecule has 0 bridgehead atoms. The smallest absolute Gasteiger partial charge is 0.0853 e. The van der Waals surface area contributed by atoms with Gasteiger partial charge in [0.1, 0.15) is 0 Å². The van der Waals surface area contributed by atoms with Gasteiger partial charge in [-0.2, -0.15) is 0 Å². The average Bonchev–Trinajstić information content (AvgIpc) is 2.43. The van der Waals surface area contributed by atoms with Crippen molar-refractivity contribution in [1.82, 2.24) is 4.98 Å². The van der Waals surface area contributed by atoms with E-state index in [-0.39, 0.29) is 6.61 Å². The molecule has 0 saturated carbocycles. The number of hydrogen-bond donors (Lipinski definition) is 1. The van der Waals surface area contributed by atoms with E-state index in [4.69, 9.17) is 5.11 Å². The summed E-state index contributed by atoms with van der Waals surface area (Å²) < 4.78 is 0. The number of allylic oxidation sites excluding steroid dienone is 1. The van der Waals surface area contributed by atoms with Crippen LogP contribution in [0.3, 0.4) is 0 Å². The summed E-state index contributed by atoms with van der Waals surface area (Å²) in [6, 6.07) is 3.70. The fourth-order valence-corrected chi connectivity index (χ4v) is 1.08. The number of hydrogen-bond acceptors (Lipinski definition) is 2. The van der Waals surface area contributed by atoms with Crippen LogP contribution in [0.5, 0.6) is 0 Å². The van der Waals surface area contributed by atoms with Gasteiger partial charge in [0.05, 0.1) is 18.0 Å². The van der Waals surface area contributed by atoms with Crippen LogP contribution in [0.15, 0.2) is 24.8 Å². The highest BCUT2D eigenvalue weighted by Crippen LogP contribution is 2.11. The maximum absolute atomic E-state index is 8.88. The van der Waals surface area contributed by atoms with E-state index >= 15 is 0 Å². The van der Waals surface area contributed by atoms with Crippen molar-refractivity contribution in [1.29, 1.82) is 0 Å². The largest absolute Gasteiger partial charge is 0.390 e. The van der Waals surface area contributed by atoms with Crippen molar-refractivity contribution < 1.29 is 5.11 Å². The Hall–Kier alpha value is -1.41. The Morgan fingerprint density at radius 1 is 1.24 bits per heavy atom. The monoisotopic (exact) mass is 235 g/mol. The molecule has 1 rings (SSSR count). The first-order valence-electron chi connectivity index (χ1n) is 6.17. The second-order valence-corrected chi connectivity index (χ2v) is 2.64. The fraction of sp³-hybridized carbons (Fsp3) is 0.400. The predicted octanol–water partition coefficient (Wildman–Crippen LogP) is 4.30. The summed E-state index contributed by atoms with van der Waals surface area (Å²) in [4.78, 5) is 4.24. The molecule has 1 aromatic heterocycles. The van der Waals surface area contributed by atoms with E-state index in [1.54, 1.807) is 12.1 Å². The van der Waals surface area contributed by atoms with Crippen LogP contribution in [0.2, 0.25) is 0 Å². The Balaban J connectivity index is 0. The van der Waals surface area contributed by atoms with Gasteiger partial charge in [-0.25, -0.2) is 0 Å². The molecule has 0 unspecified atom stereocenters. The van der Waals surface area contributed by atoms with E-state index in [1.807, 2.05) is 52.8 Å². The van der Waals surface area contributed by atoms with Gasteiger partial charge in [-0.3, -0.25) is 4.98 Å². The van der Waals surface area contributed by atoms with E-state index < -0.39 is 0 Å². The van der Waals surface area contributed by atoms with Crippen molar-refractivity contribution in [2.24, 2.45) is 0 Å². The summed E-state index contributed by atoms with van der Waals surface area (Å²) in [6.45, 7) is 13.6. The Morgan fingerprint density at radius 3 is 2.24 bits per heavy atom. The van der Waals surface area contributed by atoms with Gasteiger partial charge in [-0.05, 0) is 24.6 Å². The fourth-order valence-electron chi connectivity index (χ4n) is 1.08. The molecule has 0 aliphatic rings. The highest BCUT2D eigenvalue weighted by Gasteiger charge is 1.98. The Kier molecular flexibility index (Phi) is 13.4. The number of nitrogens with zero attached hydrogens (tertiary/aromatic N) is 1. The van der Waals surface area contributed by atoms with Crippen LogP contribution in [0.1, 0.15) is 51.6 Å². The summed E-state index contributed by atoms with van der Waals surface area (Å²) in [5, 5.41) is 8.88. The van der Waals surface area contributed by atoms with Gasteiger partial charge in [0.2, 0.25) is 0 Å². The maximum Gasteiger partial charge on any atom is 0.0853 e. The molecule has 17 heavy (non-hydrogen) atoms. The normalized spacial score (nSPS) is 8.82. The molecule has 2 heteroatoms. The lowest BCUT2D eigenvalue weighted by molar-refractivity contribution is 0.277. The first kappa shape index (κ1) is 18.0. The second kappa shape index (κ2) is 12.7. The zero-order valence-electron chi connectivity index (χ0n) is 11.7. The minimum absolute atomic E-state index is 0.0258. The maximum atomic E-state index is 8.88. The summed E-state index contributed by atoms with van der Waals surface area (Å²) in [5.74, 6) is 0. The Bertz CT molecular complexity index is 330.